The summed E-state index contributed by atoms with van der Waals surface area (Å²) in [7, 11) is 3.20. The number of unbranched alkanes of at least 4 members (excludes halogenated alkanes) is 1. The first-order valence-electron chi connectivity index (χ1n) is 7.41. The molecular formula is C17H27NO3. The average molecular weight is 293 g/mol. The highest BCUT2D eigenvalue weighted by Crippen LogP contribution is 2.21. The van der Waals surface area contributed by atoms with Gasteiger partial charge in [0.2, 0.25) is 0 Å². The molecule has 0 aliphatic heterocycles. The molecule has 4 nitrogen and oxygen atoms in total. The van der Waals surface area contributed by atoms with Gasteiger partial charge in [-0.1, -0.05) is 12.1 Å². The number of aryl methyl sites for hydroxylation is 1. The predicted octanol–water partition coefficient (Wildman–Crippen LogP) is 3.00. The van der Waals surface area contributed by atoms with Crippen LogP contribution in [-0.2, 0) is 9.53 Å². The van der Waals surface area contributed by atoms with Crippen molar-refractivity contribution in [3.63, 3.8) is 0 Å². The normalized spacial score (nSPS) is 13.6. The fraction of sp³-hybridized carbons (Fsp3) is 0.588. The lowest BCUT2D eigenvalue weighted by Crippen LogP contribution is -2.48. The van der Waals surface area contributed by atoms with Gasteiger partial charge in [0.05, 0.1) is 13.7 Å². The fourth-order valence-corrected chi connectivity index (χ4v) is 2.20. The van der Waals surface area contributed by atoms with Gasteiger partial charge in [-0.3, -0.25) is 4.79 Å². The van der Waals surface area contributed by atoms with Crippen molar-refractivity contribution in [3.05, 3.63) is 29.3 Å². The highest BCUT2D eigenvalue weighted by Gasteiger charge is 2.31. The number of esters is 1. The lowest BCUT2D eigenvalue weighted by molar-refractivity contribution is -0.148. The molecule has 0 saturated carbocycles. The van der Waals surface area contributed by atoms with Crippen LogP contribution in [0.1, 0.15) is 37.3 Å². The molecule has 0 aliphatic carbocycles. The number of likely N-dealkylation sites (N-methyl/N-ethyl adjacent to an activating group) is 1. The largest absolute Gasteiger partial charge is 0.493 e. The molecule has 1 unspecified atom stereocenters. The number of nitrogens with one attached hydrogen (secondary N) is 1. The molecule has 0 amide bonds. The number of carbonyl (C=O) groups excluding carboxylic acids is 1. The maximum atomic E-state index is 11.7. The fourth-order valence-electron chi connectivity index (χ4n) is 2.20. The van der Waals surface area contributed by atoms with E-state index in [2.05, 4.69) is 25.2 Å². The van der Waals surface area contributed by atoms with E-state index >= 15 is 0 Å². The van der Waals surface area contributed by atoms with Crippen LogP contribution in [0.3, 0.4) is 0 Å². The number of ether oxygens (including phenoxy) is 2. The van der Waals surface area contributed by atoms with Crippen LogP contribution in [0, 0.1) is 13.8 Å². The third-order valence-corrected chi connectivity index (χ3v) is 4.07. The Hall–Kier alpha value is -1.55. The molecular weight excluding hydrogens is 266 g/mol. The van der Waals surface area contributed by atoms with E-state index in [4.69, 9.17) is 9.47 Å². The Kier molecular flexibility index (Phi) is 6.69. The molecule has 0 aromatic heterocycles. The van der Waals surface area contributed by atoms with Crippen LogP contribution in [0.25, 0.3) is 0 Å². The molecule has 0 heterocycles. The van der Waals surface area contributed by atoms with Crippen LogP contribution in [0.5, 0.6) is 5.75 Å². The molecule has 1 aromatic rings. The molecule has 0 bridgehead atoms. The topological polar surface area (TPSA) is 47.6 Å². The van der Waals surface area contributed by atoms with E-state index in [0.717, 1.165) is 25.0 Å². The van der Waals surface area contributed by atoms with Crippen molar-refractivity contribution >= 4 is 5.97 Å². The van der Waals surface area contributed by atoms with Crippen LogP contribution in [0.2, 0.25) is 0 Å². The first-order chi connectivity index (χ1) is 9.94. The summed E-state index contributed by atoms with van der Waals surface area (Å²) in [5.41, 5.74) is 1.81. The van der Waals surface area contributed by atoms with Gasteiger partial charge in [0.25, 0.3) is 0 Å². The average Bonchev–Trinajstić information content (AvgIpc) is 2.49. The number of hydrogen-bond acceptors (Lipinski definition) is 4. The standard InChI is InChI=1S/C17H27NO3/c1-13-9-8-10-15(14(13)2)21-12-7-6-11-17(3,18-4)16(19)20-5/h8-10,18H,6-7,11-12H2,1-5H3. The van der Waals surface area contributed by atoms with E-state index in [0.29, 0.717) is 6.61 Å². The Bertz CT molecular complexity index is 473. The number of carbonyl (C=O) groups is 1. The molecule has 118 valence electrons. The van der Waals surface area contributed by atoms with Gasteiger partial charge < -0.3 is 14.8 Å². The van der Waals surface area contributed by atoms with Crippen molar-refractivity contribution in [1.29, 1.82) is 0 Å². The van der Waals surface area contributed by atoms with Gasteiger partial charge in [-0.2, -0.15) is 0 Å². The Labute approximate surface area is 127 Å². The van der Waals surface area contributed by atoms with Crippen molar-refractivity contribution in [2.45, 2.75) is 45.6 Å². The van der Waals surface area contributed by atoms with E-state index in [9.17, 15) is 4.79 Å². The molecule has 0 aliphatic rings. The van der Waals surface area contributed by atoms with Crippen LogP contribution >= 0.6 is 0 Å². The molecule has 0 fully saturated rings. The van der Waals surface area contributed by atoms with Crippen molar-refractivity contribution in [3.8, 4) is 5.75 Å². The summed E-state index contributed by atoms with van der Waals surface area (Å²) in [4.78, 5) is 11.7. The zero-order chi connectivity index (χ0) is 15.9. The molecule has 1 atom stereocenters. The smallest absolute Gasteiger partial charge is 0.325 e. The third-order valence-electron chi connectivity index (χ3n) is 4.07. The molecule has 1 rings (SSSR count). The monoisotopic (exact) mass is 293 g/mol. The van der Waals surface area contributed by atoms with Crippen molar-refractivity contribution in [2.24, 2.45) is 0 Å². The Morgan fingerprint density at radius 1 is 1.29 bits per heavy atom. The summed E-state index contributed by atoms with van der Waals surface area (Å²) in [6, 6.07) is 6.08. The van der Waals surface area contributed by atoms with Crippen LogP contribution < -0.4 is 10.1 Å². The molecule has 21 heavy (non-hydrogen) atoms. The van der Waals surface area contributed by atoms with E-state index in [-0.39, 0.29) is 5.97 Å². The summed E-state index contributed by atoms with van der Waals surface area (Å²) >= 11 is 0. The first kappa shape index (κ1) is 17.5. The van der Waals surface area contributed by atoms with Crippen molar-refractivity contribution in [2.75, 3.05) is 20.8 Å². The maximum absolute atomic E-state index is 11.7. The number of methoxy groups -OCH3 is 1. The van der Waals surface area contributed by atoms with Gasteiger partial charge in [0.1, 0.15) is 11.3 Å². The van der Waals surface area contributed by atoms with Gasteiger partial charge in [0.15, 0.2) is 0 Å². The van der Waals surface area contributed by atoms with Crippen molar-refractivity contribution < 1.29 is 14.3 Å². The van der Waals surface area contributed by atoms with Gasteiger partial charge in [-0.05, 0) is 64.3 Å². The number of hydrogen-bond donors (Lipinski definition) is 1. The molecule has 1 aromatic carbocycles. The van der Waals surface area contributed by atoms with E-state index in [1.165, 1.54) is 18.2 Å². The summed E-state index contributed by atoms with van der Waals surface area (Å²) in [5.74, 6) is 0.722. The SMILES string of the molecule is CNC(C)(CCCCOc1cccc(C)c1C)C(=O)OC. The van der Waals surface area contributed by atoms with Gasteiger partial charge in [-0.25, -0.2) is 0 Å². The molecule has 0 radical (unpaired) electrons. The Morgan fingerprint density at radius 2 is 2.00 bits per heavy atom. The van der Waals surface area contributed by atoms with Crippen LogP contribution in [0.15, 0.2) is 18.2 Å². The number of benzene rings is 1. The highest BCUT2D eigenvalue weighted by atomic mass is 16.5. The van der Waals surface area contributed by atoms with Gasteiger partial charge in [0, 0.05) is 0 Å². The first-order valence-corrected chi connectivity index (χ1v) is 7.41. The van der Waals surface area contributed by atoms with Crippen LogP contribution in [-0.4, -0.2) is 32.3 Å². The second-order valence-electron chi connectivity index (χ2n) is 5.58. The minimum Gasteiger partial charge on any atom is -0.493 e. The molecule has 0 saturated heterocycles. The maximum Gasteiger partial charge on any atom is 0.325 e. The van der Waals surface area contributed by atoms with Gasteiger partial charge >= 0.3 is 5.97 Å². The highest BCUT2D eigenvalue weighted by molar-refractivity contribution is 5.80. The predicted molar refractivity (Wildman–Crippen MR) is 84.7 cm³/mol. The Balaban J connectivity index is 2.38. The Morgan fingerprint density at radius 3 is 2.62 bits per heavy atom. The lowest BCUT2D eigenvalue weighted by Gasteiger charge is -2.25. The van der Waals surface area contributed by atoms with E-state index in [1.54, 1.807) is 7.05 Å². The van der Waals surface area contributed by atoms with Gasteiger partial charge in [-0.15, -0.1) is 0 Å². The van der Waals surface area contributed by atoms with E-state index in [1.807, 2.05) is 19.1 Å². The number of rotatable bonds is 8. The van der Waals surface area contributed by atoms with Crippen LogP contribution in [0.4, 0.5) is 0 Å². The summed E-state index contributed by atoms with van der Waals surface area (Å²) in [6.45, 7) is 6.67. The molecule has 4 heteroatoms. The molecule has 1 N–H and O–H groups in total. The second kappa shape index (κ2) is 8.03. The summed E-state index contributed by atoms with van der Waals surface area (Å²) < 4.78 is 10.6. The third kappa shape index (κ3) is 4.74. The molecule has 0 spiro atoms. The minimum atomic E-state index is -0.617. The summed E-state index contributed by atoms with van der Waals surface area (Å²) in [5, 5.41) is 3.04. The lowest BCUT2D eigenvalue weighted by atomic mass is 9.95. The second-order valence-corrected chi connectivity index (χ2v) is 5.58. The quantitative estimate of drug-likeness (QED) is 0.591. The van der Waals surface area contributed by atoms with Crippen molar-refractivity contribution in [1.82, 2.24) is 5.32 Å². The summed E-state index contributed by atoms with van der Waals surface area (Å²) in [6.07, 6.45) is 2.53. The zero-order valence-corrected chi connectivity index (χ0v) is 13.8. The van der Waals surface area contributed by atoms with E-state index < -0.39 is 5.54 Å². The zero-order valence-electron chi connectivity index (χ0n) is 13.8. The minimum absolute atomic E-state index is 0.222.